The molecule has 1 fully saturated rings. The Hall–Kier alpha value is -0.910. The van der Waals surface area contributed by atoms with Gasteiger partial charge in [-0.1, -0.05) is 31.9 Å². The predicted molar refractivity (Wildman–Crippen MR) is 83.5 cm³/mol. The molecule has 1 saturated carbocycles. The molecule has 0 aliphatic heterocycles. The zero-order chi connectivity index (χ0) is 15.5. The Labute approximate surface area is 127 Å². The molecule has 2 rings (SSSR count). The SMILES string of the molecule is Cc1c(CO)cccc1S(=O)(=O)NC1CCCC(C)CC1. The van der Waals surface area contributed by atoms with Gasteiger partial charge in [-0.25, -0.2) is 13.1 Å². The van der Waals surface area contributed by atoms with E-state index in [0.717, 1.165) is 25.7 Å². The van der Waals surface area contributed by atoms with Crippen LogP contribution in [0.5, 0.6) is 0 Å². The first-order valence-electron chi connectivity index (χ1n) is 7.65. The van der Waals surface area contributed by atoms with Gasteiger partial charge in [0.05, 0.1) is 11.5 Å². The van der Waals surface area contributed by atoms with Crippen LogP contribution in [-0.4, -0.2) is 19.6 Å². The third kappa shape index (κ3) is 4.05. The molecule has 4 nitrogen and oxygen atoms in total. The molecule has 1 aromatic carbocycles. The maximum Gasteiger partial charge on any atom is 0.241 e. The molecule has 0 radical (unpaired) electrons. The van der Waals surface area contributed by atoms with Crippen LogP contribution in [0.3, 0.4) is 0 Å². The third-order valence-electron chi connectivity index (χ3n) is 4.44. The Bertz CT molecular complexity index is 583. The molecule has 0 saturated heterocycles. The van der Waals surface area contributed by atoms with Crippen LogP contribution in [0, 0.1) is 12.8 Å². The van der Waals surface area contributed by atoms with E-state index in [0.29, 0.717) is 17.0 Å². The average Bonchev–Trinajstić information content (AvgIpc) is 2.63. The first-order valence-corrected chi connectivity index (χ1v) is 9.14. The lowest BCUT2D eigenvalue weighted by Crippen LogP contribution is -2.35. The molecular formula is C16H25NO3S. The van der Waals surface area contributed by atoms with Gasteiger partial charge in [0.15, 0.2) is 0 Å². The normalized spacial score (nSPS) is 23.8. The van der Waals surface area contributed by atoms with Crippen molar-refractivity contribution in [3.8, 4) is 0 Å². The van der Waals surface area contributed by atoms with Crippen LogP contribution in [0.2, 0.25) is 0 Å². The number of nitrogens with one attached hydrogen (secondary N) is 1. The second-order valence-electron chi connectivity index (χ2n) is 6.13. The quantitative estimate of drug-likeness (QED) is 0.840. The summed E-state index contributed by atoms with van der Waals surface area (Å²) in [5.41, 5.74) is 1.29. The highest BCUT2D eigenvalue weighted by Crippen LogP contribution is 2.25. The zero-order valence-corrected chi connectivity index (χ0v) is 13.6. The molecule has 0 aromatic heterocycles. The molecule has 0 spiro atoms. The summed E-state index contributed by atoms with van der Waals surface area (Å²) in [5.74, 6) is 0.680. The van der Waals surface area contributed by atoms with Crippen molar-refractivity contribution in [1.29, 1.82) is 0 Å². The third-order valence-corrected chi connectivity index (χ3v) is 6.10. The minimum atomic E-state index is -3.52. The smallest absolute Gasteiger partial charge is 0.241 e. The van der Waals surface area contributed by atoms with Gasteiger partial charge in [-0.15, -0.1) is 0 Å². The van der Waals surface area contributed by atoms with E-state index >= 15 is 0 Å². The lowest BCUT2D eigenvalue weighted by Gasteiger charge is -2.18. The van der Waals surface area contributed by atoms with Crippen molar-refractivity contribution >= 4 is 10.0 Å². The van der Waals surface area contributed by atoms with Gasteiger partial charge < -0.3 is 5.11 Å². The fourth-order valence-electron chi connectivity index (χ4n) is 3.01. The molecule has 1 aromatic rings. The highest BCUT2D eigenvalue weighted by molar-refractivity contribution is 7.89. The Balaban J connectivity index is 2.18. The fraction of sp³-hybridized carbons (Fsp3) is 0.625. The van der Waals surface area contributed by atoms with Crippen molar-refractivity contribution in [2.75, 3.05) is 0 Å². The van der Waals surface area contributed by atoms with Gasteiger partial charge in [0.2, 0.25) is 10.0 Å². The van der Waals surface area contributed by atoms with E-state index in [4.69, 9.17) is 0 Å². The highest BCUT2D eigenvalue weighted by Gasteiger charge is 2.24. The molecule has 0 bridgehead atoms. The Morgan fingerprint density at radius 3 is 2.71 bits per heavy atom. The Morgan fingerprint density at radius 1 is 1.24 bits per heavy atom. The summed E-state index contributed by atoms with van der Waals surface area (Å²) in [6.07, 6.45) is 5.13. The number of hydrogen-bond acceptors (Lipinski definition) is 3. The monoisotopic (exact) mass is 311 g/mol. The minimum absolute atomic E-state index is 0.0251. The highest BCUT2D eigenvalue weighted by atomic mass is 32.2. The summed E-state index contributed by atoms with van der Waals surface area (Å²) in [6.45, 7) is 3.83. The van der Waals surface area contributed by atoms with Crippen LogP contribution in [0.1, 0.15) is 50.2 Å². The lowest BCUT2D eigenvalue weighted by molar-refractivity contribution is 0.280. The molecule has 2 atom stereocenters. The molecule has 1 aliphatic rings. The maximum absolute atomic E-state index is 12.6. The summed E-state index contributed by atoms with van der Waals surface area (Å²) in [7, 11) is -3.52. The van der Waals surface area contributed by atoms with E-state index in [1.54, 1.807) is 25.1 Å². The molecule has 118 valence electrons. The van der Waals surface area contributed by atoms with Crippen LogP contribution in [0.4, 0.5) is 0 Å². The summed E-state index contributed by atoms with van der Waals surface area (Å²) < 4.78 is 28.0. The van der Waals surface area contributed by atoms with Crippen LogP contribution < -0.4 is 4.72 Å². The van der Waals surface area contributed by atoms with Crippen LogP contribution >= 0.6 is 0 Å². The number of benzene rings is 1. The maximum atomic E-state index is 12.6. The molecule has 0 heterocycles. The molecule has 5 heteroatoms. The van der Waals surface area contributed by atoms with Crippen molar-refractivity contribution < 1.29 is 13.5 Å². The van der Waals surface area contributed by atoms with Crippen molar-refractivity contribution in [3.63, 3.8) is 0 Å². The van der Waals surface area contributed by atoms with E-state index < -0.39 is 10.0 Å². The van der Waals surface area contributed by atoms with Crippen molar-refractivity contribution in [2.45, 2.75) is 63.5 Å². The lowest BCUT2D eigenvalue weighted by atomic mass is 10.0. The molecule has 1 aliphatic carbocycles. The predicted octanol–water partition coefficient (Wildman–Crippen LogP) is 2.73. The van der Waals surface area contributed by atoms with Crippen LogP contribution in [0.15, 0.2) is 23.1 Å². The Morgan fingerprint density at radius 2 is 2.00 bits per heavy atom. The molecule has 21 heavy (non-hydrogen) atoms. The molecular weight excluding hydrogens is 286 g/mol. The topological polar surface area (TPSA) is 66.4 Å². The summed E-state index contributed by atoms with van der Waals surface area (Å²) in [4.78, 5) is 0.284. The number of rotatable bonds is 4. The molecule has 2 unspecified atom stereocenters. The van der Waals surface area contributed by atoms with E-state index in [1.165, 1.54) is 6.42 Å². The number of aliphatic hydroxyl groups excluding tert-OH is 1. The standard InChI is InChI=1S/C16H25NO3S/c1-12-5-3-7-15(10-9-12)17-21(19,20)16-8-4-6-14(11-18)13(16)2/h4,6,8,12,15,17-18H,3,5,7,9-11H2,1-2H3. The number of hydrogen-bond donors (Lipinski definition) is 2. The first kappa shape index (κ1) is 16.5. The van der Waals surface area contributed by atoms with Crippen molar-refractivity contribution in [3.05, 3.63) is 29.3 Å². The second kappa shape index (κ2) is 6.90. The van der Waals surface area contributed by atoms with E-state index in [-0.39, 0.29) is 17.5 Å². The first-order chi connectivity index (χ1) is 9.94. The van der Waals surface area contributed by atoms with Gasteiger partial charge in [0.25, 0.3) is 0 Å². The number of sulfonamides is 1. The minimum Gasteiger partial charge on any atom is -0.392 e. The van der Waals surface area contributed by atoms with E-state index in [2.05, 4.69) is 11.6 Å². The average molecular weight is 311 g/mol. The van der Waals surface area contributed by atoms with Gasteiger partial charge in [-0.2, -0.15) is 0 Å². The van der Waals surface area contributed by atoms with E-state index in [9.17, 15) is 13.5 Å². The molecule has 2 N–H and O–H groups in total. The van der Waals surface area contributed by atoms with Crippen LogP contribution in [0.25, 0.3) is 0 Å². The Kier molecular flexibility index (Phi) is 5.41. The summed E-state index contributed by atoms with van der Waals surface area (Å²) in [5, 5.41) is 9.28. The van der Waals surface area contributed by atoms with Gasteiger partial charge in [-0.05, 0) is 49.3 Å². The van der Waals surface area contributed by atoms with Gasteiger partial charge in [0.1, 0.15) is 0 Å². The number of aliphatic hydroxyl groups is 1. The summed E-state index contributed by atoms with van der Waals surface area (Å²) in [6, 6.07) is 5.07. The second-order valence-corrected chi connectivity index (χ2v) is 7.81. The fourth-order valence-corrected chi connectivity index (χ4v) is 4.60. The van der Waals surface area contributed by atoms with Gasteiger partial charge in [-0.3, -0.25) is 0 Å². The van der Waals surface area contributed by atoms with Crippen molar-refractivity contribution in [1.82, 2.24) is 4.72 Å². The van der Waals surface area contributed by atoms with E-state index in [1.807, 2.05) is 0 Å². The van der Waals surface area contributed by atoms with Crippen molar-refractivity contribution in [2.24, 2.45) is 5.92 Å². The largest absolute Gasteiger partial charge is 0.392 e. The van der Waals surface area contributed by atoms with Gasteiger partial charge in [0, 0.05) is 6.04 Å². The van der Waals surface area contributed by atoms with Crippen LogP contribution in [-0.2, 0) is 16.6 Å². The zero-order valence-electron chi connectivity index (χ0n) is 12.8. The summed E-state index contributed by atoms with van der Waals surface area (Å²) >= 11 is 0. The van der Waals surface area contributed by atoms with Gasteiger partial charge >= 0.3 is 0 Å². The molecule has 0 amide bonds.